The first-order chi connectivity index (χ1) is 17.0. The van der Waals surface area contributed by atoms with Crippen molar-refractivity contribution < 1.29 is 14.6 Å². The lowest BCUT2D eigenvalue weighted by molar-refractivity contribution is -0.137. The van der Waals surface area contributed by atoms with E-state index in [1.54, 1.807) is 0 Å². The van der Waals surface area contributed by atoms with Crippen LogP contribution in [0.15, 0.2) is 12.2 Å². The van der Waals surface area contributed by atoms with Gasteiger partial charge in [-0.2, -0.15) is 0 Å². The Labute approximate surface area is 220 Å². The molecule has 0 spiro atoms. The summed E-state index contributed by atoms with van der Waals surface area (Å²) in [7, 11) is 0. The van der Waals surface area contributed by atoms with Crippen molar-refractivity contribution in [3.63, 3.8) is 0 Å². The number of hydrogen-bond donors (Lipinski definition) is 1. The molecule has 0 aliphatic carbocycles. The molecule has 210 valence electrons. The highest BCUT2D eigenvalue weighted by Gasteiger charge is 2.22. The molecule has 0 bridgehead atoms. The SMILES string of the molecule is CCC(CC)(CC)CCCCCCC/C=C\CCCCCCCC(=O)O.CCCCOCCCC. The number of rotatable bonds is 25. The Kier molecular flexibility index (Phi) is 30.5. The van der Waals surface area contributed by atoms with Gasteiger partial charge in [0.1, 0.15) is 0 Å². The zero-order valence-corrected chi connectivity index (χ0v) is 24.7. The van der Waals surface area contributed by atoms with Gasteiger partial charge in [-0.05, 0) is 56.8 Å². The zero-order valence-electron chi connectivity index (χ0n) is 24.7. The summed E-state index contributed by atoms with van der Waals surface area (Å²) in [5, 5.41) is 8.57. The van der Waals surface area contributed by atoms with Crippen LogP contribution < -0.4 is 0 Å². The van der Waals surface area contributed by atoms with Crippen LogP contribution >= 0.6 is 0 Å². The van der Waals surface area contributed by atoms with Gasteiger partial charge in [0.25, 0.3) is 0 Å². The van der Waals surface area contributed by atoms with E-state index in [4.69, 9.17) is 9.84 Å². The molecular weight excluding hydrogens is 432 g/mol. The maximum Gasteiger partial charge on any atom is 0.303 e. The van der Waals surface area contributed by atoms with Gasteiger partial charge in [0.15, 0.2) is 0 Å². The lowest BCUT2D eigenvalue weighted by Crippen LogP contribution is -2.17. The second-order valence-electron chi connectivity index (χ2n) is 10.4. The Hall–Kier alpha value is -0.830. The fourth-order valence-corrected chi connectivity index (χ4v) is 4.47. The van der Waals surface area contributed by atoms with Gasteiger partial charge < -0.3 is 9.84 Å². The molecule has 0 aromatic rings. The number of hydrogen-bond acceptors (Lipinski definition) is 2. The van der Waals surface area contributed by atoms with Crippen molar-refractivity contribution in [3.05, 3.63) is 12.2 Å². The minimum Gasteiger partial charge on any atom is -0.481 e. The topological polar surface area (TPSA) is 46.5 Å². The fourth-order valence-electron chi connectivity index (χ4n) is 4.47. The second-order valence-corrected chi connectivity index (χ2v) is 10.4. The fraction of sp³-hybridized carbons (Fsp3) is 0.906. The summed E-state index contributed by atoms with van der Waals surface area (Å²) in [6.45, 7) is 13.4. The number of unbranched alkanes of at least 4 members (excludes halogenated alkanes) is 12. The maximum atomic E-state index is 10.4. The van der Waals surface area contributed by atoms with Crippen LogP contribution in [0.1, 0.15) is 169 Å². The molecule has 0 saturated heterocycles. The summed E-state index contributed by atoms with van der Waals surface area (Å²) >= 11 is 0. The number of carboxylic acids is 1. The molecule has 0 radical (unpaired) electrons. The maximum absolute atomic E-state index is 10.4. The second kappa shape index (κ2) is 29.4. The molecule has 0 aromatic carbocycles. The highest BCUT2D eigenvalue weighted by atomic mass is 16.5. The monoisotopic (exact) mass is 496 g/mol. The van der Waals surface area contributed by atoms with Crippen LogP contribution in [0.5, 0.6) is 0 Å². The Bertz CT molecular complexity index is 426. The summed E-state index contributed by atoms with van der Waals surface area (Å²) in [6.07, 6.45) is 30.3. The molecule has 0 fully saturated rings. The molecule has 0 unspecified atom stereocenters. The summed E-state index contributed by atoms with van der Waals surface area (Å²) in [5.41, 5.74) is 0.624. The van der Waals surface area contributed by atoms with Crippen molar-refractivity contribution in [1.29, 1.82) is 0 Å². The molecule has 0 amide bonds. The third kappa shape index (κ3) is 27.6. The van der Waals surface area contributed by atoms with Gasteiger partial charge in [-0.15, -0.1) is 0 Å². The Morgan fingerprint density at radius 2 is 1.06 bits per heavy atom. The minimum atomic E-state index is -0.663. The van der Waals surface area contributed by atoms with Crippen LogP contribution in [-0.2, 0) is 9.53 Å². The van der Waals surface area contributed by atoms with Crippen LogP contribution in [-0.4, -0.2) is 24.3 Å². The van der Waals surface area contributed by atoms with E-state index in [9.17, 15) is 4.79 Å². The molecule has 0 rings (SSSR count). The first-order valence-corrected chi connectivity index (χ1v) is 15.5. The van der Waals surface area contributed by atoms with E-state index >= 15 is 0 Å². The van der Waals surface area contributed by atoms with E-state index in [2.05, 4.69) is 46.8 Å². The molecule has 3 nitrogen and oxygen atoms in total. The summed E-state index contributed by atoms with van der Waals surface area (Å²) < 4.78 is 5.31. The molecule has 0 aliphatic heterocycles. The first kappa shape index (κ1) is 36.3. The summed E-state index contributed by atoms with van der Waals surface area (Å²) in [4.78, 5) is 10.4. The van der Waals surface area contributed by atoms with E-state index in [1.165, 1.54) is 116 Å². The van der Waals surface area contributed by atoms with Gasteiger partial charge in [-0.3, -0.25) is 4.79 Å². The van der Waals surface area contributed by atoms with Crippen molar-refractivity contribution >= 4 is 5.97 Å². The van der Waals surface area contributed by atoms with Crippen molar-refractivity contribution in [1.82, 2.24) is 0 Å². The first-order valence-electron chi connectivity index (χ1n) is 15.5. The zero-order chi connectivity index (χ0) is 26.5. The Morgan fingerprint density at radius 3 is 1.49 bits per heavy atom. The van der Waals surface area contributed by atoms with Crippen LogP contribution in [0.4, 0.5) is 0 Å². The van der Waals surface area contributed by atoms with Crippen molar-refractivity contribution in [2.24, 2.45) is 5.41 Å². The van der Waals surface area contributed by atoms with Gasteiger partial charge in [0.2, 0.25) is 0 Å². The lowest BCUT2D eigenvalue weighted by atomic mass is 9.75. The predicted octanol–water partition coefficient (Wildman–Crippen LogP) is 10.9. The minimum absolute atomic E-state index is 0.330. The number of carbonyl (C=O) groups is 1. The molecule has 0 atom stereocenters. The average molecular weight is 497 g/mol. The largest absolute Gasteiger partial charge is 0.481 e. The summed E-state index contributed by atoms with van der Waals surface area (Å²) in [5.74, 6) is -0.663. The number of aliphatic carboxylic acids is 1. The highest BCUT2D eigenvalue weighted by Crippen LogP contribution is 2.36. The number of allylic oxidation sites excluding steroid dienone is 2. The Balaban J connectivity index is 0. The van der Waals surface area contributed by atoms with Crippen molar-refractivity contribution in [2.75, 3.05) is 13.2 Å². The van der Waals surface area contributed by atoms with Crippen LogP contribution in [0.2, 0.25) is 0 Å². The lowest BCUT2D eigenvalue weighted by Gasteiger charge is -2.30. The Morgan fingerprint density at radius 1 is 0.629 bits per heavy atom. The standard InChI is InChI=1S/C24H46O2.C8H18O/c1-4-24(5-2,6-3)22-20-18-16-14-12-10-8-7-9-11-13-15-17-19-21-23(25)26;1-3-5-7-9-8-6-4-2/h7-8H,4-6,9-22H2,1-3H3,(H,25,26);3-8H2,1-2H3/b8-7-;. The normalized spacial score (nSPS) is 11.6. The van der Waals surface area contributed by atoms with Crippen LogP contribution in [0.25, 0.3) is 0 Å². The van der Waals surface area contributed by atoms with Crippen molar-refractivity contribution in [3.8, 4) is 0 Å². The van der Waals surface area contributed by atoms with Crippen LogP contribution in [0.3, 0.4) is 0 Å². The van der Waals surface area contributed by atoms with Gasteiger partial charge in [-0.1, -0.05) is 124 Å². The third-order valence-corrected chi connectivity index (χ3v) is 7.54. The van der Waals surface area contributed by atoms with E-state index < -0.39 is 5.97 Å². The van der Waals surface area contributed by atoms with E-state index in [1.807, 2.05) is 0 Å². The predicted molar refractivity (Wildman–Crippen MR) is 155 cm³/mol. The highest BCUT2D eigenvalue weighted by molar-refractivity contribution is 5.66. The molecule has 1 N–H and O–H groups in total. The molecule has 0 aliphatic rings. The third-order valence-electron chi connectivity index (χ3n) is 7.54. The van der Waals surface area contributed by atoms with Gasteiger partial charge in [0, 0.05) is 19.6 Å². The van der Waals surface area contributed by atoms with Gasteiger partial charge in [-0.25, -0.2) is 0 Å². The molecular formula is C32H64O3. The molecule has 0 heterocycles. The summed E-state index contributed by atoms with van der Waals surface area (Å²) in [6, 6.07) is 0. The molecule has 0 aromatic heterocycles. The van der Waals surface area contributed by atoms with E-state index in [0.717, 1.165) is 26.1 Å². The molecule has 0 saturated carbocycles. The quantitative estimate of drug-likeness (QED) is 0.101. The van der Waals surface area contributed by atoms with E-state index in [-0.39, 0.29) is 0 Å². The number of carboxylic acid groups (broad SMARTS) is 1. The van der Waals surface area contributed by atoms with Crippen molar-refractivity contribution in [2.45, 2.75) is 169 Å². The number of ether oxygens (including phenoxy) is 1. The average Bonchev–Trinajstić information content (AvgIpc) is 2.86. The van der Waals surface area contributed by atoms with Gasteiger partial charge in [0.05, 0.1) is 0 Å². The molecule has 3 heteroatoms. The molecule has 35 heavy (non-hydrogen) atoms. The van der Waals surface area contributed by atoms with Crippen LogP contribution in [0, 0.1) is 5.41 Å². The van der Waals surface area contributed by atoms with E-state index in [0.29, 0.717) is 11.8 Å². The van der Waals surface area contributed by atoms with Gasteiger partial charge >= 0.3 is 5.97 Å². The smallest absolute Gasteiger partial charge is 0.303 e.